The van der Waals surface area contributed by atoms with E-state index in [0.29, 0.717) is 19.6 Å². The molecule has 0 aliphatic carbocycles. The molecule has 1 N–H and O–H groups in total. The van der Waals surface area contributed by atoms with Gasteiger partial charge in [-0.15, -0.1) is 0 Å². The normalized spacial score (nSPS) is 27.8. The minimum atomic E-state index is 0.102. The van der Waals surface area contributed by atoms with Crippen molar-refractivity contribution in [3.8, 4) is 11.5 Å². The Morgan fingerprint density at radius 3 is 2.88 bits per heavy atom. The van der Waals surface area contributed by atoms with Gasteiger partial charge in [0.2, 0.25) is 5.91 Å². The number of carbonyl (C=O) groups excluding carboxylic acids is 1. The summed E-state index contributed by atoms with van der Waals surface area (Å²) in [6, 6.07) is 6.26. The van der Waals surface area contributed by atoms with Crippen LogP contribution in [0.3, 0.4) is 0 Å². The molecule has 3 aliphatic rings. The Bertz CT molecular complexity index is 651. The number of nitrogens with zero attached hydrogens (tertiary/aromatic N) is 2. The summed E-state index contributed by atoms with van der Waals surface area (Å²) in [7, 11) is 2.21. The summed E-state index contributed by atoms with van der Waals surface area (Å²) in [6.45, 7) is 6.03. The van der Waals surface area contributed by atoms with Gasteiger partial charge in [-0.3, -0.25) is 14.6 Å². The molecular weight excluding hydrogens is 318 g/mol. The second-order valence-corrected chi connectivity index (χ2v) is 7.43. The molecule has 3 heterocycles. The van der Waals surface area contributed by atoms with Crippen LogP contribution in [-0.2, 0) is 11.3 Å². The van der Waals surface area contributed by atoms with Crippen molar-refractivity contribution in [2.75, 3.05) is 46.4 Å². The Labute approximate surface area is 149 Å². The van der Waals surface area contributed by atoms with Crippen molar-refractivity contribution in [2.45, 2.75) is 31.3 Å². The number of ether oxygens (including phenoxy) is 2. The maximum absolute atomic E-state index is 11.8. The van der Waals surface area contributed by atoms with E-state index in [2.05, 4.69) is 34.3 Å². The van der Waals surface area contributed by atoms with E-state index >= 15 is 0 Å². The van der Waals surface area contributed by atoms with Gasteiger partial charge in [0.1, 0.15) is 13.2 Å². The summed E-state index contributed by atoms with van der Waals surface area (Å²) in [5.41, 5.74) is 1.36. The van der Waals surface area contributed by atoms with Crippen molar-refractivity contribution >= 4 is 5.91 Å². The molecule has 3 aliphatic heterocycles. The fraction of sp³-hybridized carbons (Fsp3) is 0.632. The molecule has 6 heteroatoms. The minimum Gasteiger partial charge on any atom is -0.486 e. The molecule has 0 unspecified atom stereocenters. The van der Waals surface area contributed by atoms with Gasteiger partial charge < -0.3 is 14.8 Å². The number of hydrogen-bond donors (Lipinski definition) is 1. The van der Waals surface area contributed by atoms with E-state index in [1.54, 1.807) is 0 Å². The Balaban J connectivity index is 1.47. The Morgan fingerprint density at radius 1 is 1.16 bits per heavy atom. The lowest BCUT2D eigenvalue weighted by Crippen LogP contribution is -2.60. The lowest BCUT2D eigenvalue weighted by Gasteiger charge is -2.49. The van der Waals surface area contributed by atoms with Crippen LogP contribution in [0.5, 0.6) is 11.5 Å². The van der Waals surface area contributed by atoms with E-state index in [1.165, 1.54) is 5.56 Å². The highest BCUT2D eigenvalue weighted by molar-refractivity contribution is 5.76. The number of benzene rings is 1. The molecular formula is C19H27N3O3. The highest BCUT2D eigenvalue weighted by atomic mass is 16.6. The van der Waals surface area contributed by atoms with Crippen LogP contribution < -0.4 is 14.8 Å². The van der Waals surface area contributed by atoms with Gasteiger partial charge in [0.15, 0.2) is 11.5 Å². The zero-order chi connectivity index (χ0) is 17.3. The van der Waals surface area contributed by atoms with Crippen LogP contribution in [0.15, 0.2) is 18.2 Å². The zero-order valence-electron chi connectivity index (χ0n) is 14.9. The third kappa shape index (κ3) is 3.46. The topological polar surface area (TPSA) is 54.0 Å². The predicted molar refractivity (Wildman–Crippen MR) is 94.9 cm³/mol. The summed E-state index contributed by atoms with van der Waals surface area (Å²) < 4.78 is 11.3. The standard InChI is InChI=1S/C19H27N3O3/c1-21-8-9-22(14-19(21)5-4-18(23)20-7-6-19)13-15-2-3-16-17(12-15)25-11-10-24-16/h2-3,12H,4-11,13-14H2,1H3,(H,20,23)/t19-/m0/s1. The molecule has 2 fully saturated rings. The average molecular weight is 345 g/mol. The molecule has 0 radical (unpaired) electrons. The molecule has 136 valence electrons. The zero-order valence-corrected chi connectivity index (χ0v) is 14.9. The van der Waals surface area contributed by atoms with Crippen LogP contribution in [0.2, 0.25) is 0 Å². The summed E-state index contributed by atoms with van der Waals surface area (Å²) in [4.78, 5) is 16.7. The lowest BCUT2D eigenvalue weighted by molar-refractivity contribution is -0.121. The molecule has 6 nitrogen and oxygen atoms in total. The largest absolute Gasteiger partial charge is 0.486 e. The summed E-state index contributed by atoms with van der Waals surface area (Å²) in [5.74, 6) is 1.89. The summed E-state index contributed by atoms with van der Waals surface area (Å²) >= 11 is 0. The van der Waals surface area contributed by atoms with Crippen LogP contribution in [0.1, 0.15) is 24.8 Å². The molecule has 25 heavy (non-hydrogen) atoms. The van der Waals surface area contributed by atoms with Crippen LogP contribution in [0.25, 0.3) is 0 Å². The first-order valence-corrected chi connectivity index (χ1v) is 9.23. The van der Waals surface area contributed by atoms with Crippen molar-refractivity contribution in [2.24, 2.45) is 0 Å². The minimum absolute atomic E-state index is 0.102. The van der Waals surface area contributed by atoms with Gasteiger partial charge in [0, 0.05) is 44.7 Å². The first-order chi connectivity index (χ1) is 12.1. The first kappa shape index (κ1) is 16.7. The van der Waals surface area contributed by atoms with Gasteiger partial charge in [-0.05, 0) is 37.6 Å². The van der Waals surface area contributed by atoms with Crippen LogP contribution in [0.4, 0.5) is 0 Å². The predicted octanol–water partition coefficient (Wildman–Crippen LogP) is 1.24. The van der Waals surface area contributed by atoms with Crippen molar-refractivity contribution in [3.05, 3.63) is 23.8 Å². The van der Waals surface area contributed by atoms with E-state index in [4.69, 9.17) is 9.47 Å². The molecule has 4 rings (SSSR count). The highest BCUT2D eigenvalue weighted by Gasteiger charge is 2.40. The lowest BCUT2D eigenvalue weighted by atomic mass is 9.86. The third-order valence-electron chi connectivity index (χ3n) is 5.82. The molecule has 0 saturated carbocycles. The Morgan fingerprint density at radius 2 is 2.00 bits per heavy atom. The van der Waals surface area contributed by atoms with Crippen LogP contribution in [0, 0.1) is 0 Å². The second kappa shape index (κ2) is 6.84. The number of carbonyl (C=O) groups is 1. The Kier molecular flexibility index (Phi) is 4.56. The quantitative estimate of drug-likeness (QED) is 0.874. The fourth-order valence-electron chi connectivity index (χ4n) is 4.26. The third-order valence-corrected chi connectivity index (χ3v) is 5.82. The SMILES string of the molecule is CN1CCN(Cc2ccc3c(c2)OCCO3)C[C@]12CCNC(=O)CC2. The maximum Gasteiger partial charge on any atom is 0.220 e. The van der Waals surface area contributed by atoms with Gasteiger partial charge in [-0.1, -0.05) is 6.07 Å². The summed E-state index contributed by atoms with van der Waals surface area (Å²) in [5, 5.41) is 3.02. The number of rotatable bonds is 2. The molecule has 1 amide bonds. The maximum atomic E-state index is 11.8. The number of hydrogen-bond acceptors (Lipinski definition) is 5. The van der Waals surface area contributed by atoms with Crippen LogP contribution >= 0.6 is 0 Å². The smallest absolute Gasteiger partial charge is 0.220 e. The van der Waals surface area contributed by atoms with Crippen LogP contribution in [-0.4, -0.2) is 67.7 Å². The number of likely N-dealkylation sites (N-methyl/N-ethyl adjacent to an activating group) is 1. The van der Waals surface area contributed by atoms with Gasteiger partial charge in [-0.25, -0.2) is 0 Å². The Hall–Kier alpha value is -1.79. The monoisotopic (exact) mass is 345 g/mol. The summed E-state index contributed by atoms with van der Waals surface area (Å²) in [6.07, 6.45) is 2.59. The molecule has 1 spiro atoms. The van der Waals surface area contributed by atoms with Crippen molar-refractivity contribution in [1.82, 2.24) is 15.1 Å². The van der Waals surface area contributed by atoms with Gasteiger partial charge in [0.25, 0.3) is 0 Å². The van der Waals surface area contributed by atoms with Gasteiger partial charge >= 0.3 is 0 Å². The molecule has 0 bridgehead atoms. The number of nitrogens with one attached hydrogen (secondary N) is 1. The molecule has 1 aromatic carbocycles. The van der Waals surface area contributed by atoms with E-state index in [9.17, 15) is 4.79 Å². The molecule has 1 aromatic rings. The molecule has 0 aromatic heterocycles. The number of piperazine rings is 1. The highest BCUT2D eigenvalue weighted by Crippen LogP contribution is 2.33. The van der Waals surface area contributed by atoms with Gasteiger partial charge in [0.05, 0.1) is 0 Å². The van der Waals surface area contributed by atoms with E-state index in [-0.39, 0.29) is 11.4 Å². The van der Waals surface area contributed by atoms with E-state index < -0.39 is 0 Å². The van der Waals surface area contributed by atoms with Gasteiger partial charge in [-0.2, -0.15) is 0 Å². The molecule has 2 saturated heterocycles. The fourth-order valence-corrected chi connectivity index (χ4v) is 4.26. The number of fused-ring (bicyclic) bond motifs is 1. The molecule has 1 atom stereocenters. The van der Waals surface area contributed by atoms with Crippen molar-refractivity contribution < 1.29 is 14.3 Å². The van der Waals surface area contributed by atoms with E-state index in [1.807, 2.05) is 6.07 Å². The first-order valence-electron chi connectivity index (χ1n) is 9.23. The second-order valence-electron chi connectivity index (χ2n) is 7.43. The van der Waals surface area contributed by atoms with E-state index in [0.717, 1.165) is 57.1 Å². The van der Waals surface area contributed by atoms with Crippen molar-refractivity contribution in [3.63, 3.8) is 0 Å². The average Bonchev–Trinajstić information content (AvgIpc) is 2.81. The number of amides is 1. The van der Waals surface area contributed by atoms with Crippen molar-refractivity contribution in [1.29, 1.82) is 0 Å².